The van der Waals surface area contributed by atoms with Crippen LogP contribution in [0.3, 0.4) is 0 Å². The molecule has 0 unspecified atom stereocenters. The number of rotatable bonds is 2. The fraction of sp³-hybridized carbons (Fsp3) is 0. The number of benzene rings is 2. The Kier molecular flexibility index (Phi) is 3.43. The van der Waals surface area contributed by atoms with Gasteiger partial charge in [0.05, 0.1) is 22.8 Å². The summed E-state index contributed by atoms with van der Waals surface area (Å²) in [5.74, 6) is -4.17. The van der Waals surface area contributed by atoms with Crippen LogP contribution < -0.4 is 0 Å². The quantitative estimate of drug-likeness (QED) is 0.735. The van der Waals surface area contributed by atoms with E-state index >= 15 is 0 Å². The Morgan fingerprint density at radius 1 is 1.17 bits per heavy atom. The molecule has 7 heteroatoms. The molecule has 0 saturated carbocycles. The maximum atomic E-state index is 13.8. The second-order valence-electron chi connectivity index (χ2n) is 4.66. The summed E-state index contributed by atoms with van der Waals surface area (Å²) in [5.41, 5.74) is -0.163. The molecule has 1 heterocycles. The van der Waals surface area contributed by atoms with Crippen LogP contribution in [-0.2, 0) is 0 Å². The Hall–Kier alpha value is -3.40. The molecule has 0 atom stereocenters. The number of carbonyl (C=O) groups excluding carboxylic acids is 1. The third-order valence-corrected chi connectivity index (χ3v) is 3.22. The SMILES string of the molecule is N#Cc1cnc2ccc(C(=O)c3c(F)ccc(O)c3F)cc2n1. The van der Waals surface area contributed by atoms with E-state index in [1.54, 1.807) is 0 Å². The zero-order valence-electron chi connectivity index (χ0n) is 11.4. The van der Waals surface area contributed by atoms with Crippen molar-refractivity contribution in [3.8, 4) is 11.8 Å². The molecule has 0 fully saturated rings. The first kappa shape index (κ1) is 14.5. The summed E-state index contributed by atoms with van der Waals surface area (Å²) in [6, 6.07) is 7.53. The highest BCUT2D eigenvalue weighted by atomic mass is 19.1. The van der Waals surface area contributed by atoms with Crippen molar-refractivity contribution >= 4 is 16.8 Å². The number of fused-ring (bicyclic) bond motifs is 1. The molecular formula is C16H7F2N3O2. The summed E-state index contributed by atoms with van der Waals surface area (Å²) >= 11 is 0. The number of nitrogens with zero attached hydrogens (tertiary/aromatic N) is 3. The molecule has 1 N–H and O–H groups in total. The Balaban J connectivity index is 2.15. The van der Waals surface area contributed by atoms with Gasteiger partial charge in [-0.15, -0.1) is 0 Å². The molecule has 0 saturated heterocycles. The zero-order chi connectivity index (χ0) is 16.6. The van der Waals surface area contributed by atoms with Gasteiger partial charge in [0.15, 0.2) is 23.0 Å². The Bertz CT molecular complexity index is 997. The van der Waals surface area contributed by atoms with Gasteiger partial charge in [0, 0.05) is 5.56 Å². The van der Waals surface area contributed by atoms with Crippen molar-refractivity contribution in [3.05, 3.63) is 65.0 Å². The van der Waals surface area contributed by atoms with Gasteiger partial charge in [0.25, 0.3) is 0 Å². The smallest absolute Gasteiger partial charge is 0.199 e. The van der Waals surface area contributed by atoms with Crippen LogP contribution in [0.4, 0.5) is 8.78 Å². The van der Waals surface area contributed by atoms with Gasteiger partial charge in [-0.3, -0.25) is 9.78 Å². The third-order valence-electron chi connectivity index (χ3n) is 3.22. The molecular weight excluding hydrogens is 304 g/mol. The van der Waals surface area contributed by atoms with Crippen molar-refractivity contribution < 1.29 is 18.7 Å². The van der Waals surface area contributed by atoms with Gasteiger partial charge in [-0.1, -0.05) is 0 Å². The third kappa shape index (κ3) is 2.46. The minimum Gasteiger partial charge on any atom is -0.505 e. The van der Waals surface area contributed by atoms with Gasteiger partial charge < -0.3 is 5.11 Å². The van der Waals surface area contributed by atoms with Crippen LogP contribution in [-0.4, -0.2) is 20.9 Å². The highest BCUT2D eigenvalue weighted by Gasteiger charge is 2.22. The van der Waals surface area contributed by atoms with Crippen LogP contribution in [0, 0.1) is 23.0 Å². The maximum Gasteiger partial charge on any atom is 0.199 e. The topological polar surface area (TPSA) is 86.9 Å². The standard InChI is InChI=1S/C16H7F2N3O2/c17-10-2-4-13(22)15(18)14(10)16(23)8-1-3-11-12(5-8)21-9(6-19)7-20-11/h1-5,7,22H. The molecule has 0 aliphatic rings. The summed E-state index contributed by atoms with van der Waals surface area (Å²) in [5, 5.41) is 18.1. The van der Waals surface area contributed by atoms with E-state index in [1.807, 2.05) is 6.07 Å². The molecule has 0 aliphatic carbocycles. The van der Waals surface area contributed by atoms with E-state index in [4.69, 9.17) is 5.26 Å². The number of hydrogen-bond acceptors (Lipinski definition) is 5. The summed E-state index contributed by atoms with van der Waals surface area (Å²) in [7, 11) is 0. The van der Waals surface area contributed by atoms with Crippen LogP contribution >= 0.6 is 0 Å². The number of hydrogen-bond donors (Lipinski definition) is 1. The highest BCUT2D eigenvalue weighted by molar-refractivity contribution is 6.10. The first-order valence-electron chi connectivity index (χ1n) is 6.40. The van der Waals surface area contributed by atoms with E-state index in [9.17, 15) is 18.7 Å². The molecule has 0 amide bonds. The number of phenolic OH excluding ortho intramolecular Hbond substituents is 1. The monoisotopic (exact) mass is 311 g/mol. The minimum atomic E-state index is -1.33. The second-order valence-corrected chi connectivity index (χ2v) is 4.66. The minimum absolute atomic E-state index is 0.0368. The van der Waals surface area contributed by atoms with Crippen molar-refractivity contribution in [1.82, 2.24) is 9.97 Å². The molecule has 2 aromatic carbocycles. The molecule has 0 bridgehead atoms. The average molecular weight is 311 g/mol. The number of aromatic nitrogens is 2. The molecule has 0 radical (unpaired) electrons. The zero-order valence-corrected chi connectivity index (χ0v) is 11.4. The number of nitriles is 1. The van der Waals surface area contributed by atoms with Crippen molar-refractivity contribution in [1.29, 1.82) is 5.26 Å². The molecule has 3 aromatic rings. The van der Waals surface area contributed by atoms with Gasteiger partial charge in [0.1, 0.15) is 11.9 Å². The van der Waals surface area contributed by atoms with Gasteiger partial charge in [-0.05, 0) is 30.3 Å². The molecule has 0 spiro atoms. The van der Waals surface area contributed by atoms with E-state index in [1.165, 1.54) is 24.4 Å². The lowest BCUT2D eigenvalue weighted by Crippen LogP contribution is -2.08. The number of ketones is 1. The average Bonchev–Trinajstić information content (AvgIpc) is 2.57. The van der Waals surface area contributed by atoms with E-state index in [0.717, 1.165) is 12.1 Å². The molecule has 0 aliphatic heterocycles. The fourth-order valence-corrected chi connectivity index (χ4v) is 2.10. The van der Waals surface area contributed by atoms with Crippen molar-refractivity contribution in [2.45, 2.75) is 0 Å². The lowest BCUT2D eigenvalue weighted by atomic mass is 10.0. The number of carbonyl (C=O) groups is 1. The Morgan fingerprint density at radius 2 is 1.96 bits per heavy atom. The summed E-state index contributed by atoms with van der Waals surface area (Å²) in [6.07, 6.45) is 1.28. The van der Waals surface area contributed by atoms with Gasteiger partial charge >= 0.3 is 0 Å². The fourth-order valence-electron chi connectivity index (χ4n) is 2.10. The largest absolute Gasteiger partial charge is 0.505 e. The second kappa shape index (κ2) is 5.42. The lowest BCUT2D eigenvalue weighted by molar-refractivity contribution is 0.103. The van der Waals surface area contributed by atoms with Crippen molar-refractivity contribution in [2.24, 2.45) is 0 Å². The van der Waals surface area contributed by atoms with E-state index < -0.39 is 28.7 Å². The van der Waals surface area contributed by atoms with Crippen molar-refractivity contribution in [2.75, 3.05) is 0 Å². The predicted molar refractivity (Wildman–Crippen MR) is 75.7 cm³/mol. The van der Waals surface area contributed by atoms with E-state index in [-0.39, 0.29) is 16.8 Å². The predicted octanol–water partition coefficient (Wildman–Crippen LogP) is 2.72. The number of phenols is 1. The van der Waals surface area contributed by atoms with Crippen molar-refractivity contribution in [3.63, 3.8) is 0 Å². The lowest BCUT2D eigenvalue weighted by Gasteiger charge is -2.06. The molecule has 23 heavy (non-hydrogen) atoms. The van der Waals surface area contributed by atoms with Crippen LogP contribution in [0.25, 0.3) is 11.0 Å². The summed E-state index contributed by atoms with van der Waals surface area (Å²) in [4.78, 5) is 20.3. The molecule has 3 rings (SSSR count). The summed E-state index contributed by atoms with van der Waals surface area (Å²) < 4.78 is 27.6. The highest BCUT2D eigenvalue weighted by Crippen LogP contribution is 2.25. The summed E-state index contributed by atoms with van der Waals surface area (Å²) in [6.45, 7) is 0. The van der Waals surface area contributed by atoms with Gasteiger partial charge in [0.2, 0.25) is 0 Å². The Labute approximate surface area is 128 Å². The first-order chi connectivity index (χ1) is 11.0. The normalized spacial score (nSPS) is 10.5. The first-order valence-corrected chi connectivity index (χ1v) is 6.40. The maximum absolute atomic E-state index is 13.8. The van der Waals surface area contributed by atoms with Crippen LogP contribution in [0.5, 0.6) is 5.75 Å². The number of aromatic hydroxyl groups is 1. The van der Waals surface area contributed by atoms with Crippen LogP contribution in [0.1, 0.15) is 21.6 Å². The van der Waals surface area contributed by atoms with E-state index in [2.05, 4.69) is 9.97 Å². The van der Waals surface area contributed by atoms with E-state index in [0.29, 0.717) is 5.52 Å². The van der Waals surface area contributed by atoms with Gasteiger partial charge in [-0.2, -0.15) is 5.26 Å². The van der Waals surface area contributed by atoms with Crippen LogP contribution in [0.2, 0.25) is 0 Å². The molecule has 5 nitrogen and oxygen atoms in total. The molecule has 112 valence electrons. The molecule has 1 aromatic heterocycles. The number of halogens is 2. The Morgan fingerprint density at radius 3 is 2.70 bits per heavy atom. The van der Waals surface area contributed by atoms with Crippen LogP contribution in [0.15, 0.2) is 36.5 Å². The van der Waals surface area contributed by atoms with Gasteiger partial charge in [-0.25, -0.2) is 13.8 Å².